The third-order valence-corrected chi connectivity index (χ3v) is 6.53. The highest BCUT2D eigenvalue weighted by Gasteiger charge is 2.51. The predicted molar refractivity (Wildman–Crippen MR) is 107 cm³/mol. The summed E-state index contributed by atoms with van der Waals surface area (Å²) in [6.45, 7) is 6.96. The summed E-state index contributed by atoms with van der Waals surface area (Å²) in [7, 11) is -4.64. The number of nitrogens with zero attached hydrogens (tertiary/aromatic N) is 1. The van der Waals surface area contributed by atoms with E-state index in [4.69, 9.17) is 14.1 Å². The summed E-state index contributed by atoms with van der Waals surface area (Å²) in [5.74, 6) is -2.06. The van der Waals surface area contributed by atoms with Gasteiger partial charge in [-0.05, 0) is 45.3 Å². The van der Waals surface area contributed by atoms with Crippen molar-refractivity contribution >= 4 is 28.6 Å². The van der Waals surface area contributed by atoms with Crippen LogP contribution in [-0.2, 0) is 24.1 Å². The van der Waals surface area contributed by atoms with Gasteiger partial charge in [0.2, 0.25) is 21.8 Å². The normalized spacial score (nSPS) is 17.8. The van der Waals surface area contributed by atoms with E-state index in [-0.39, 0.29) is 4.90 Å². The number of nitrogens with one attached hydrogen (secondary N) is 1. The molecule has 1 aliphatic rings. The largest absolute Gasteiger partial charge is 0.494 e. The number of hydrogen-bond acceptors (Lipinski definition) is 8. The Kier molecular flexibility index (Phi) is 5.63. The monoisotopic (exact) mass is 438 g/mol. The third-order valence-electron chi connectivity index (χ3n) is 5.11. The SMILES string of the molecule is CC1(C)OB(c2ccc(S(=O)(=O)NCC(=O)On3c(O)ccc3O)cc2)OC1(C)C. The molecular weight excluding hydrogens is 415 g/mol. The van der Waals surface area contributed by atoms with Crippen LogP contribution in [0.4, 0.5) is 0 Å². The van der Waals surface area contributed by atoms with Crippen molar-refractivity contribution in [2.24, 2.45) is 0 Å². The number of rotatable bonds is 6. The van der Waals surface area contributed by atoms with Gasteiger partial charge in [0, 0.05) is 12.1 Å². The molecule has 3 N–H and O–H groups in total. The first-order valence-electron chi connectivity index (χ1n) is 9.08. The molecular formula is C18H23BN2O8S. The molecule has 0 atom stereocenters. The second-order valence-electron chi connectivity index (χ2n) is 7.79. The highest BCUT2D eigenvalue weighted by molar-refractivity contribution is 7.89. The summed E-state index contributed by atoms with van der Waals surface area (Å²) in [4.78, 5) is 16.4. The Morgan fingerprint density at radius 1 is 1.03 bits per heavy atom. The standard InChI is InChI=1S/C18H23BN2O8S/c1-17(2)18(3,4)29-19(28-17)12-5-7-13(8-6-12)30(25,26)20-11-16(24)27-21-14(22)9-10-15(21)23/h5-10,20,22-23H,11H2,1-4H3. The van der Waals surface area contributed by atoms with Crippen molar-refractivity contribution in [2.45, 2.75) is 43.8 Å². The van der Waals surface area contributed by atoms with Gasteiger partial charge in [0.05, 0.1) is 16.1 Å². The number of hydrogen-bond donors (Lipinski definition) is 3. The summed E-state index contributed by atoms with van der Waals surface area (Å²) in [6, 6.07) is 8.11. The van der Waals surface area contributed by atoms with E-state index < -0.39 is 52.6 Å². The van der Waals surface area contributed by atoms with Gasteiger partial charge < -0.3 is 24.4 Å². The molecule has 0 bridgehead atoms. The van der Waals surface area contributed by atoms with E-state index in [1.165, 1.54) is 12.1 Å². The fourth-order valence-electron chi connectivity index (χ4n) is 2.65. The summed E-state index contributed by atoms with van der Waals surface area (Å²) in [5.41, 5.74) is -0.384. The number of carbonyl (C=O) groups excluding carboxylic acids is 1. The molecule has 0 unspecified atom stereocenters. The van der Waals surface area contributed by atoms with E-state index in [0.29, 0.717) is 10.2 Å². The van der Waals surface area contributed by atoms with Crippen LogP contribution in [-0.4, -0.2) is 54.2 Å². The average molecular weight is 438 g/mol. The summed E-state index contributed by atoms with van der Waals surface area (Å²) in [6.07, 6.45) is 0. The lowest BCUT2D eigenvalue weighted by molar-refractivity contribution is -0.144. The van der Waals surface area contributed by atoms with Crippen LogP contribution in [0, 0.1) is 0 Å². The number of aromatic nitrogens is 1. The summed E-state index contributed by atoms with van der Waals surface area (Å²) < 4.78 is 39.3. The molecule has 1 aromatic heterocycles. The molecule has 0 aliphatic carbocycles. The Labute approximate surface area is 174 Å². The Hall–Kier alpha value is -2.54. The van der Waals surface area contributed by atoms with Gasteiger partial charge in [-0.25, -0.2) is 13.2 Å². The van der Waals surface area contributed by atoms with Gasteiger partial charge >= 0.3 is 13.1 Å². The molecule has 12 heteroatoms. The van der Waals surface area contributed by atoms with Gasteiger partial charge in [0.15, 0.2) is 0 Å². The van der Waals surface area contributed by atoms with E-state index >= 15 is 0 Å². The number of carbonyl (C=O) groups is 1. The van der Waals surface area contributed by atoms with Gasteiger partial charge in [0.1, 0.15) is 6.54 Å². The van der Waals surface area contributed by atoms with E-state index in [1.807, 2.05) is 27.7 Å². The quantitative estimate of drug-likeness (QED) is 0.542. The van der Waals surface area contributed by atoms with Crippen LogP contribution in [0.1, 0.15) is 27.7 Å². The number of aromatic hydroxyl groups is 2. The van der Waals surface area contributed by atoms with Gasteiger partial charge in [-0.2, -0.15) is 4.72 Å². The average Bonchev–Trinajstić information content (AvgIpc) is 3.09. The van der Waals surface area contributed by atoms with Crippen molar-refractivity contribution in [1.82, 2.24) is 9.45 Å². The maximum absolute atomic E-state index is 12.4. The molecule has 162 valence electrons. The van der Waals surface area contributed by atoms with E-state index in [9.17, 15) is 23.4 Å². The van der Waals surface area contributed by atoms with Gasteiger partial charge in [-0.1, -0.05) is 12.1 Å². The first kappa shape index (κ1) is 22.2. The number of benzene rings is 1. The zero-order valence-corrected chi connectivity index (χ0v) is 17.8. The van der Waals surface area contributed by atoms with Crippen molar-refractivity contribution in [3.05, 3.63) is 36.4 Å². The smallest absolute Gasteiger partial charge is 0.492 e. The molecule has 0 saturated carbocycles. The van der Waals surface area contributed by atoms with Crippen LogP contribution >= 0.6 is 0 Å². The minimum Gasteiger partial charge on any atom is -0.492 e. The maximum Gasteiger partial charge on any atom is 0.494 e. The molecule has 0 spiro atoms. The molecule has 1 saturated heterocycles. The highest BCUT2D eigenvalue weighted by atomic mass is 32.2. The van der Waals surface area contributed by atoms with Crippen LogP contribution in [0.3, 0.4) is 0 Å². The molecule has 0 radical (unpaired) electrons. The summed E-state index contributed by atoms with van der Waals surface area (Å²) >= 11 is 0. The highest BCUT2D eigenvalue weighted by Crippen LogP contribution is 2.36. The van der Waals surface area contributed by atoms with Crippen molar-refractivity contribution < 1.29 is 37.6 Å². The first-order chi connectivity index (χ1) is 13.8. The topological polar surface area (TPSA) is 136 Å². The maximum atomic E-state index is 12.4. The van der Waals surface area contributed by atoms with Crippen LogP contribution in [0.5, 0.6) is 11.8 Å². The van der Waals surface area contributed by atoms with Crippen molar-refractivity contribution in [3.63, 3.8) is 0 Å². The molecule has 2 heterocycles. The Balaban J connectivity index is 1.63. The Morgan fingerprint density at radius 3 is 2.03 bits per heavy atom. The van der Waals surface area contributed by atoms with Gasteiger partial charge in [0.25, 0.3) is 0 Å². The lowest BCUT2D eigenvalue weighted by atomic mass is 9.79. The second-order valence-corrected chi connectivity index (χ2v) is 9.56. The predicted octanol–water partition coefficient (Wildman–Crippen LogP) is 0.132. The van der Waals surface area contributed by atoms with Gasteiger partial charge in [-0.3, -0.25) is 0 Å². The third kappa shape index (κ3) is 4.31. The van der Waals surface area contributed by atoms with Crippen LogP contribution in [0.2, 0.25) is 0 Å². The molecule has 10 nitrogen and oxygen atoms in total. The van der Waals surface area contributed by atoms with Crippen molar-refractivity contribution in [2.75, 3.05) is 6.54 Å². The summed E-state index contributed by atoms with van der Waals surface area (Å²) in [5, 5.41) is 18.9. The molecule has 3 rings (SSSR count). The van der Waals surface area contributed by atoms with Crippen molar-refractivity contribution in [1.29, 1.82) is 0 Å². The molecule has 0 amide bonds. The fraction of sp³-hybridized carbons (Fsp3) is 0.389. The van der Waals surface area contributed by atoms with E-state index in [2.05, 4.69) is 4.72 Å². The zero-order valence-electron chi connectivity index (χ0n) is 16.9. The van der Waals surface area contributed by atoms with Crippen LogP contribution in [0.15, 0.2) is 41.3 Å². The molecule has 30 heavy (non-hydrogen) atoms. The Bertz CT molecular complexity index is 1010. The minimum atomic E-state index is -4.01. The lowest BCUT2D eigenvalue weighted by Gasteiger charge is -2.32. The van der Waals surface area contributed by atoms with E-state index in [1.54, 1.807) is 12.1 Å². The molecule has 1 fully saturated rings. The first-order valence-corrected chi connectivity index (χ1v) is 10.6. The van der Waals surface area contributed by atoms with Crippen molar-refractivity contribution in [3.8, 4) is 11.8 Å². The molecule has 2 aromatic rings. The van der Waals surface area contributed by atoms with E-state index in [0.717, 1.165) is 12.1 Å². The van der Waals surface area contributed by atoms with Crippen LogP contribution in [0.25, 0.3) is 0 Å². The number of sulfonamides is 1. The Morgan fingerprint density at radius 2 is 1.53 bits per heavy atom. The lowest BCUT2D eigenvalue weighted by Crippen LogP contribution is -2.41. The van der Waals surface area contributed by atoms with Crippen LogP contribution < -0.4 is 15.0 Å². The zero-order chi connectivity index (χ0) is 22.3. The van der Waals surface area contributed by atoms with Gasteiger partial charge in [-0.15, -0.1) is 4.73 Å². The molecule has 1 aromatic carbocycles. The molecule has 1 aliphatic heterocycles. The minimum absolute atomic E-state index is 0.0674. The second kappa shape index (κ2) is 7.62. The fourth-order valence-corrected chi connectivity index (χ4v) is 3.62.